The second-order valence-corrected chi connectivity index (χ2v) is 23.0. The van der Waals surface area contributed by atoms with Crippen molar-refractivity contribution >= 4 is 109 Å². The van der Waals surface area contributed by atoms with Crippen molar-refractivity contribution in [2.45, 2.75) is 6.92 Å². The van der Waals surface area contributed by atoms with Crippen LogP contribution in [0.4, 0.5) is 0 Å². The van der Waals surface area contributed by atoms with Gasteiger partial charge in [-0.05, 0) is 146 Å². The molecule has 0 spiro atoms. The van der Waals surface area contributed by atoms with Gasteiger partial charge in [0.05, 0.1) is 61.7 Å². The number of rotatable bonds is 7. The number of para-hydroxylation sites is 1. The first kappa shape index (κ1) is 48.9. The van der Waals surface area contributed by atoms with Crippen LogP contribution in [0, 0.1) is 6.92 Å². The van der Waals surface area contributed by atoms with Gasteiger partial charge in [-0.15, -0.1) is 0 Å². The maximum atomic E-state index is 5.54. The van der Waals surface area contributed by atoms with Crippen LogP contribution in [0.25, 0.3) is 176 Å². The van der Waals surface area contributed by atoms with Crippen molar-refractivity contribution in [3.63, 3.8) is 0 Å². The topological polar surface area (TPSA) is 61.4 Å². The van der Waals surface area contributed by atoms with E-state index in [9.17, 15) is 0 Å². The summed E-state index contributed by atoms with van der Waals surface area (Å²) in [6.45, 7) is 2.17. The second kappa shape index (κ2) is 19.2. The van der Waals surface area contributed by atoms with Gasteiger partial charge in [-0.2, -0.15) is 0 Å². The molecule has 0 bridgehead atoms. The molecular formula is C81H50N6. The first-order valence-corrected chi connectivity index (χ1v) is 29.7. The van der Waals surface area contributed by atoms with Gasteiger partial charge in [-0.25, -0.2) is 4.98 Å². The molecule has 0 unspecified atom stereocenters. The number of benzene rings is 14. The molecule has 0 N–H and O–H groups in total. The quantitative estimate of drug-likeness (QED) is 0.149. The molecule has 0 amide bonds. The van der Waals surface area contributed by atoms with Crippen molar-refractivity contribution in [1.82, 2.24) is 29.1 Å². The first-order valence-electron chi connectivity index (χ1n) is 29.7. The Morgan fingerprint density at radius 1 is 0.264 bits per heavy atom. The molecule has 87 heavy (non-hydrogen) atoms. The molecule has 4 heterocycles. The lowest BCUT2D eigenvalue weighted by Gasteiger charge is -2.16. The summed E-state index contributed by atoms with van der Waals surface area (Å²) in [5.74, 6) is 0. The van der Waals surface area contributed by atoms with Crippen molar-refractivity contribution in [2.75, 3.05) is 0 Å². The van der Waals surface area contributed by atoms with E-state index < -0.39 is 0 Å². The SMILES string of the molecule is Cc1ccc2c(c1)c1cc(-c3cnc4c5ccc(-c6ccccc6-n6c7ccc(-c8ccccc8)cc7c7cc(-c8ccccc8)ccc76)cc5c5ccccc5c4n3)ccc1n2-c1ccc(-c2ccc3c(c2)c2ccccc2c2nccnc32)cc1. The van der Waals surface area contributed by atoms with Crippen LogP contribution in [-0.2, 0) is 0 Å². The average Bonchev–Trinajstić information content (AvgIpc) is 2.02. The fraction of sp³-hybridized carbons (Fsp3) is 0.0123. The van der Waals surface area contributed by atoms with Crippen LogP contribution in [0.5, 0.6) is 0 Å². The molecule has 14 aromatic carbocycles. The van der Waals surface area contributed by atoms with Gasteiger partial charge < -0.3 is 9.13 Å². The number of fused-ring (bicyclic) bond motifs is 18. The third kappa shape index (κ3) is 7.68. The summed E-state index contributed by atoms with van der Waals surface area (Å²) >= 11 is 0. The highest BCUT2D eigenvalue weighted by atomic mass is 15.0. The average molecular weight is 1110 g/mol. The molecule has 0 aliphatic rings. The fourth-order valence-corrected chi connectivity index (χ4v) is 14.0. The van der Waals surface area contributed by atoms with Crippen LogP contribution in [0.3, 0.4) is 0 Å². The standard InChI is InChI=1S/C81H50N6/c1-49-24-36-74-68(42-49)71-47-57(31-39-75(71)86(74)58-32-25-52(26-33-58)53-27-34-64-66(43-53)60-19-8-10-21-62(60)78-79(64)83-41-40-82-78)72-48-84-80-65-35-28-56(46-67(65)61-20-9-11-22-63(61)81(80)85-72)59-18-12-13-23-73(59)87-76-37-29-54(50-14-4-2-5-15-50)44-69(76)70-45-55(30-38-77(70)87)51-16-6-3-7-17-51/h2-48H,1H3. The molecule has 0 saturated heterocycles. The zero-order valence-electron chi connectivity index (χ0n) is 47.3. The minimum atomic E-state index is 0.832. The number of hydrogen-bond donors (Lipinski definition) is 0. The minimum Gasteiger partial charge on any atom is -0.309 e. The molecule has 0 atom stereocenters. The second-order valence-electron chi connectivity index (χ2n) is 23.0. The molecular weight excluding hydrogens is 1060 g/mol. The number of aryl methyl sites for hydroxylation is 1. The molecule has 6 heteroatoms. The van der Waals surface area contributed by atoms with Gasteiger partial charge in [0.25, 0.3) is 0 Å². The summed E-state index contributed by atoms with van der Waals surface area (Å²) < 4.78 is 4.85. The number of aromatic nitrogens is 6. The molecule has 0 radical (unpaired) electrons. The summed E-state index contributed by atoms with van der Waals surface area (Å²) in [5.41, 5.74) is 22.9. The Balaban J connectivity index is 0.728. The maximum Gasteiger partial charge on any atom is 0.0979 e. The van der Waals surface area contributed by atoms with E-state index in [1.807, 2.05) is 6.20 Å². The monoisotopic (exact) mass is 1110 g/mol. The lowest BCUT2D eigenvalue weighted by molar-refractivity contribution is 1.18. The summed E-state index contributed by atoms with van der Waals surface area (Å²) in [6.07, 6.45) is 5.52. The van der Waals surface area contributed by atoms with Gasteiger partial charge in [-0.3, -0.25) is 15.0 Å². The van der Waals surface area contributed by atoms with E-state index >= 15 is 0 Å². The molecule has 0 fully saturated rings. The van der Waals surface area contributed by atoms with Crippen molar-refractivity contribution in [1.29, 1.82) is 0 Å². The highest BCUT2D eigenvalue weighted by Gasteiger charge is 2.21. The summed E-state index contributed by atoms with van der Waals surface area (Å²) in [7, 11) is 0. The minimum absolute atomic E-state index is 0.832. The highest BCUT2D eigenvalue weighted by molar-refractivity contribution is 6.25. The van der Waals surface area contributed by atoms with Gasteiger partial charge >= 0.3 is 0 Å². The number of hydrogen-bond acceptors (Lipinski definition) is 4. The first-order chi connectivity index (χ1) is 43.0. The van der Waals surface area contributed by atoms with Crippen molar-refractivity contribution in [3.8, 4) is 67.1 Å². The molecule has 6 nitrogen and oxygen atoms in total. The van der Waals surface area contributed by atoms with Crippen LogP contribution in [-0.4, -0.2) is 29.1 Å². The van der Waals surface area contributed by atoms with Gasteiger partial charge in [0.1, 0.15) is 0 Å². The van der Waals surface area contributed by atoms with Crippen LogP contribution < -0.4 is 0 Å². The lowest BCUT2D eigenvalue weighted by Crippen LogP contribution is -1.97. The molecule has 18 aromatic rings. The maximum absolute atomic E-state index is 5.54. The predicted octanol–water partition coefficient (Wildman–Crippen LogP) is 21.0. The smallest absolute Gasteiger partial charge is 0.0979 e. The molecule has 0 saturated carbocycles. The van der Waals surface area contributed by atoms with Crippen molar-refractivity contribution in [3.05, 3.63) is 291 Å². The van der Waals surface area contributed by atoms with E-state index in [2.05, 4.69) is 283 Å². The van der Waals surface area contributed by atoms with Gasteiger partial charge in [-0.1, -0.05) is 194 Å². The Morgan fingerprint density at radius 2 is 0.678 bits per heavy atom. The highest BCUT2D eigenvalue weighted by Crippen LogP contribution is 2.44. The van der Waals surface area contributed by atoms with E-state index in [1.54, 1.807) is 12.4 Å². The molecule has 404 valence electrons. The molecule has 18 rings (SSSR count). The zero-order chi connectivity index (χ0) is 57.3. The normalized spacial score (nSPS) is 12.0. The van der Waals surface area contributed by atoms with Crippen molar-refractivity contribution in [2.24, 2.45) is 0 Å². The summed E-state index contributed by atoms with van der Waals surface area (Å²) in [6, 6.07) is 97.4. The van der Waals surface area contributed by atoms with Crippen LogP contribution >= 0.6 is 0 Å². The largest absolute Gasteiger partial charge is 0.309 e. The summed E-state index contributed by atoms with van der Waals surface area (Å²) in [5, 5.41) is 13.8. The van der Waals surface area contributed by atoms with Gasteiger partial charge in [0.2, 0.25) is 0 Å². The van der Waals surface area contributed by atoms with E-state index in [0.717, 1.165) is 121 Å². The van der Waals surface area contributed by atoms with Crippen LogP contribution in [0.1, 0.15) is 5.56 Å². The van der Waals surface area contributed by atoms with Crippen LogP contribution in [0.2, 0.25) is 0 Å². The third-order valence-corrected chi connectivity index (χ3v) is 18.1. The van der Waals surface area contributed by atoms with Gasteiger partial charge in [0, 0.05) is 72.3 Å². The van der Waals surface area contributed by atoms with E-state index in [4.69, 9.17) is 19.9 Å². The Bertz CT molecular complexity index is 5730. The third-order valence-electron chi connectivity index (χ3n) is 18.1. The predicted molar refractivity (Wildman–Crippen MR) is 363 cm³/mol. The lowest BCUT2D eigenvalue weighted by atomic mass is 9.94. The van der Waals surface area contributed by atoms with E-state index in [0.29, 0.717) is 0 Å². The Labute approximate surface area is 500 Å². The Hall–Kier alpha value is -11.6. The molecule has 0 aliphatic carbocycles. The fourth-order valence-electron chi connectivity index (χ4n) is 14.0. The van der Waals surface area contributed by atoms with E-state index in [1.165, 1.54) is 60.1 Å². The molecule has 0 aliphatic heterocycles. The van der Waals surface area contributed by atoms with Crippen molar-refractivity contribution < 1.29 is 0 Å². The van der Waals surface area contributed by atoms with E-state index in [-0.39, 0.29) is 0 Å². The zero-order valence-corrected chi connectivity index (χ0v) is 47.3. The molecule has 4 aromatic heterocycles. The summed E-state index contributed by atoms with van der Waals surface area (Å²) in [4.78, 5) is 20.4. The Morgan fingerprint density at radius 3 is 1.30 bits per heavy atom. The Kier molecular flexibility index (Phi) is 10.8. The number of nitrogens with zero attached hydrogens (tertiary/aromatic N) is 6. The van der Waals surface area contributed by atoms with Gasteiger partial charge in [0.15, 0.2) is 0 Å². The van der Waals surface area contributed by atoms with Crippen LogP contribution in [0.15, 0.2) is 286 Å².